The zero-order valence-corrected chi connectivity index (χ0v) is 9.12. The zero-order valence-electron chi connectivity index (χ0n) is 8.37. The molecule has 0 atom stereocenters. The van der Waals surface area contributed by atoms with Crippen LogP contribution in [0.1, 0.15) is 5.82 Å². The van der Waals surface area contributed by atoms with Crippen LogP contribution in [-0.2, 0) is 6.42 Å². The molecule has 2 N–H and O–H groups in total. The molecule has 0 aliphatic heterocycles. The molecule has 0 amide bonds. The molecule has 2 aromatic rings. The number of likely N-dealkylation sites (N-methyl/N-ethyl adjacent to an activating group) is 1. The van der Waals surface area contributed by atoms with Crippen LogP contribution in [0.5, 0.6) is 5.75 Å². The fourth-order valence-electron chi connectivity index (χ4n) is 1.55. The normalized spacial score (nSPS) is 11.1. The third-order valence-corrected chi connectivity index (χ3v) is 2.54. The molecule has 0 aromatic carbocycles. The molecule has 0 radical (unpaired) electrons. The number of aromatic nitrogens is 2. The summed E-state index contributed by atoms with van der Waals surface area (Å²) < 4.78 is 1.81. The van der Waals surface area contributed by atoms with Crippen molar-refractivity contribution in [3.05, 3.63) is 29.3 Å². The molecule has 0 bridgehead atoms. The van der Waals surface area contributed by atoms with Crippen LogP contribution in [0, 0.1) is 0 Å². The molecule has 15 heavy (non-hydrogen) atoms. The average Bonchev–Trinajstić information content (AvgIpc) is 2.54. The summed E-state index contributed by atoms with van der Waals surface area (Å²) in [5.74, 6) is 1.01. The van der Waals surface area contributed by atoms with Crippen LogP contribution < -0.4 is 5.32 Å². The minimum Gasteiger partial charge on any atom is -0.506 e. The molecule has 2 heterocycles. The highest BCUT2D eigenvalue weighted by Gasteiger charge is 2.11. The first kappa shape index (κ1) is 10.3. The lowest BCUT2D eigenvalue weighted by atomic mass is 10.3. The number of imidazole rings is 1. The van der Waals surface area contributed by atoms with Gasteiger partial charge in [-0.2, -0.15) is 0 Å². The van der Waals surface area contributed by atoms with Crippen LogP contribution in [0.3, 0.4) is 0 Å². The molecule has 0 fully saturated rings. The lowest BCUT2D eigenvalue weighted by Gasteiger charge is -2.01. The summed E-state index contributed by atoms with van der Waals surface area (Å²) >= 11 is 5.95. The molecule has 0 saturated carbocycles. The van der Waals surface area contributed by atoms with Gasteiger partial charge in [0.1, 0.15) is 17.1 Å². The standard InChI is InChI=1S/C10H12ClN3O/c1-12-5-4-8-13-10(11)9-7(15)3-2-6-14(8)9/h2-3,6,12,15H,4-5H2,1H3. The minimum absolute atomic E-state index is 0.158. The molecule has 80 valence electrons. The van der Waals surface area contributed by atoms with E-state index in [2.05, 4.69) is 10.3 Å². The van der Waals surface area contributed by atoms with Crippen LogP contribution in [0.15, 0.2) is 18.3 Å². The predicted octanol–water partition coefficient (Wildman–Crippen LogP) is 1.46. The van der Waals surface area contributed by atoms with Crippen LogP contribution in [0.4, 0.5) is 0 Å². The van der Waals surface area contributed by atoms with Crippen molar-refractivity contribution in [2.45, 2.75) is 6.42 Å². The largest absolute Gasteiger partial charge is 0.506 e. The lowest BCUT2D eigenvalue weighted by molar-refractivity contribution is 0.479. The maximum Gasteiger partial charge on any atom is 0.158 e. The maximum atomic E-state index is 9.63. The second-order valence-electron chi connectivity index (χ2n) is 3.28. The number of fused-ring (bicyclic) bond motifs is 1. The van der Waals surface area contributed by atoms with E-state index in [9.17, 15) is 5.11 Å². The van der Waals surface area contributed by atoms with Gasteiger partial charge in [0.2, 0.25) is 0 Å². The molecule has 0 unspecified atom stereocenters. The smallest absolute Gasteiger partial charge is 0.158 e. The number of hydrogen-bond donors (Lipinski definition) is 2. The molecule has 2 rings (SSSR count). The van der Waals surface area contributed by atoms with E-state index >= 15 is 0 Å². The van der Waals surface area contributed by atoms with Gasteiger partial charge in [-0.25, -0.2) is 4.98 Å². The van der Waals surface area contributed by atoms with Gasteiger partial charge in [-0.15, -0.1) is 0 Å². The zero-order chi connectivity index (χ0) is 10.8. The van der Waals surface area contributed by atoms with Gasteiger partial charge >= 0.3 is 0 Å². The Morgan fingerprint density at radius 3 is 3.13 bits per heavy atom. The van der Waals surface area contributed by atoms with Gasteiger partial charge in [-0.1, -0.05) is 11.6 Å². The first-order valence-corrected chi connectivity index (χ1v) is 5.11. The molecule has 0 spiro atoms. The second-order valence-corrected chi connectivity index (χ2v) is 3.64. The number of aromatic hydroxyl groups is 1. The highest BCUT2D eigenvalue weighted by Crippen LogP contribution is 2.26. The summed E-state index contributed by atoms with van der Waals surface area (Å²) in [4.78, 5) is 4.22. The Labute approximate surface area is 92.5 Å². The molecule has 4 nitrogen and oxygen atoms in total. The highest BCUT2D eigenvalue weighted by molar-refractivity contribution is 6.33. The first-order chi connectivity index (χ1) is 7.24. The van der Waals surface area contributed by atoms with Crippen LogP contribution in [0.25, 0.3) is 5.52 Å². The van der Waals surface area contributed by atoms with Crippen molar-refractivity contribution in [2.24, 2.45) is 0 Å². The summed E-state index contributed by atoms with van der Waals surface area (Å²) in [6, 6.07) is 3.37. The van der Waals surface area contributed by atoms with E-state index < -0.39 is 0 Å². The van der Waals surface area contributed by atoms with Gasteiger partial charge in [0, 0.05) is 19.2 Å². The topological polar surface area (TPSA) is 49.6 Å². The van der Waals surface area contributed by atoms with Crippen molar-refractivity contribution in [3.63, 3.8) is 0 Å². The van der Waals surface area contributed by atoms with Crippen molar-refractivity contribution >= 4 is 17.1 Å². The SMILES string of the molecule is CNCCc1nc(Cl)c2c(O)cccn12. The number of nitrogens with one attached hydrogen (secondary N) is 1. The summed E-state index contributed by atoms with van der Waals surface area (Å²) in [6.45, 7) is 0.825. The minimum atomic E-state index is 0.158. The van der Waals surface area contributed by atoms with Crippen LogP contribution in [0.2, 0.25) is 5.15 Å². The van der Waals surface area contributed by atoms with Crippen molar-refractivity contribution in [2.75, 3.05) is 13.6 Å². The van der Waals surface area contributed by atoms with Gasteiger partial charge < -0.3 is 10.4 Å². The summed E-state index contributed by atoms with van der Waals surface area (Å²) in [5, 5.41) is 13.0. The van der Waals surface area contributed by atoms with Gasteiger partial charge in [0.25, 0.3) is 0 Å². The Bertz CT molecular complexity index is 481. The average molecular weight is 226 g/mol. The fraction of sp³-hybridized carbons (Fsp3) is 0.300. The van der Waals surface area contributed by atoms with Gasteiger partial charge in [0.05, 0.1) is 0 Å². The Morgan fingerprint density at radius 2 is 2.40 bits per heavy atom. The van der Waals surface area contributed by atoms with E-state index in [-0.39, 0.29) is 5.75 Å². The number of hydrogen-bond acceptors (Lipinski definition) is 3. The van der Waals surface area contributed by atoms with Crippen molar-refractivity contribution < 1.29 is 5.11 Å². The molecule has 0 saturated heterocycles. The van der Waals surface area contributed by atoms with E-state index in [0.717, 1.165) is 18.8 Å². The second kappa shape index (κ2) is 4.08. The van der Waals surface area contributed by atoms with Gasteiger partial charge in [0.15, 0.2) is 5.15 Å². The molecule has 5 heteroatoms. The number of nitrogens with zero attached hydrogens (tertiary/aromatic N) is 2. The number of pyridine rings is 1. The Kier molecular flexibility index (Phi) is 2.79. The van der Waals surface area contributed by atoms with E-state index in [1.54, 1.807) is 12.1 Å². The molecule has 2 aromatic heterocycles. The van der Waals surface area contributed by atoms with E-state index in [1.807, 2.05) is 17.6 Å². The van der Waals surface area contributed by atoms with Gasteiger partial charge in [-0.05, 0) is 19.2 Å². The summed E-state index contributed by atoms with van der Waals surface area (Å²) in [6.07, 6.45) is 2.62. The van der Waals surface area contributed by atoms with Gasteiger partial charge in [-0.3, -0.25) is 4.40 Å². The molecular weight excluding hydrogens is 214 g/mol. The van der Waals surface area contributed by atoms with E-state index in [4.69, 9.17) is 11.6 Å². The van der Waals surface area contributed by atoms with E-state index in [0.29, 0.717) is 10.7 Å². The third kappa shape index (κ3) is 1.78. The monoisotopic (exact) mass is 225 g/mol. The van der Waals surface area contributed by atoms with Crippen LogP contribution in [-0.4, -0.2) is 28.1 Å². The Hall–Kier alpha value is -1.26. The summed E-state index contributed by atoms with van der Waals surface area (Å²) in [5.41, 5.74) is 0.574. The predicted molar refractivity (Wildman–Crippen MR) is 59.5 cm³/mol. The third-order valence-electron chi connectivity index (χ3n) is 2.27. The quantitative estimate of drug-likeness (QED) is 0.832. The van der Waals surface area contributed by atoms with Crippen molar-refractivity contribution in [1.29, 1.82) is 0 Å². The maximum absolute atomic E-state index is 9.63. The molecule has 0 aliphatic rings. The highest BCUT2D eigenvalue weighted by atomic mass is 35.5. The lowest BCUT2D eigenvalue weighted by Crippen LogP contribution is -2.12. The van der Waals surface area contributed by atoms with Crippen molar-refractivity contribution in [1.82, 2.24) is 14.7 Å². The van der Waals surface area contributed by atoms with Crippen LogP contribution >= 0.6 is 11.6 Å². The fourth-order valence-corrected chi connectivity index (χ4v) is 1.84. The summed E-state index contributed by atoms with van der Waals surface area (Å²) in [7, 11) is 1.88. The van der Waals surface area contributed by atoms with E-state index in [1.165, 1.54) is 0 Å². The number of halogens is 1. The first-order valence-electron chi connectivity index (χ1n) is 4.73. The number of rotatable bonds is 3. The Morgan fingerprint density at radius 1 is 1.60 bits per heavy atom. The Balaban J connectivity index is 2.53. The molecule has 0 aliphatic carbocycles. The molecular formula is C10H12ClN3O. The van der Waals surface area contributed by atoms with Crippen molar-refractivity contribution in [3.8, 4) is 5.75 Å².